The molecule has 2 aromatic rings. The minimum atomic E-state index is 0.594. The number of hydrogen-bond acceptors (Lipinski definition) is 2. The van der Waals surface area contributed by atoms with Gasteiger partial charge in [-0.25, -0.2) is 4.98 Å². The summed E-state index contributed by atoms with van der Waals surface area (Å²) >= 11 is 3.58. The van der Waals surface area contributed by atoms with E-state index in [-0.39, 0.29) is 0 Å². The number of fused-ring (bicyclic) bond motifs is 3. The largest absolute Gasteiger partial charge is 0.301 e. The molecule has 0 spiro atoms. The molecule has 0 atom stereocenters. The summed E-state index contributed by atoms with van der Waals surface area (Å²) in [6, 6.07) is 2.73. The maximum absolute atomic E-state index is 4.80. The quantitative estimate of drug-likeness (QED) is 0.806. The third-order valence-electron chi connectivity index (χ3n) is 3.77. The number of nitrogens with zero attached hydrogens (tertiary/aromatic N) is 3. The highest BCUT2D eigenvalue weighted by Gasteiger charge is 2.23. The van der Waals surface area contributed by atoms with Gasteiger partial charge in [-0.2, -0.15) is 0 Å². The van der Waals surface area contributed by atoms with Crippen LogP contribution < -0.4 is 0 Å². The van der Waals surface area contributed by atoms with Crippen molar-refractivity contribution in [2.45, 2.75) is 39.8 Å². The first kappa shape index (κ1) is 12.2. The van der Waals surface area contributed by atoms with E-state index in [0.29, 0.717) is 6.04 Å². The monoisotopic (exact) mass is 307 g/mol. The zero-order valence-electron chi connectivity index (χ0n) is 11.1. The van der Waals surface area contributed by atoms with Crippen LogP contribution in [-0.4, -0.2) is 26.9 Å². The Morgan fingerprint density at radius 2 is 2.17 bits per heavy atom. The first-order valence-corrected chi connectivity index (χ1v) is 7.25. The van der Waals surface area contributed by atoms with Gasteiger partial charge >= 0.3 is 0 Å². The molecular weight excluding hydrogens is 290 g/mol. The maximum Gasteiger partial charge on any atom is 0.140 e. The van der Waals surface area contributed by atoms with E-state index in [1.54, 1.807) is 0 Å². The molecule has 2 aromatic heterocycles. The second-order valence-electron chi connectivity index (χ2n) is 5.35. The van der Waals surface area contributed by atoms with Gasteiger partial charge in [0, 0.05) is 36.2 Å². The van der Waals surface area contributed by atoms with Crippen molar-refractivity contribution in [1.82, 2.24) is 14.3 Å². The van der Waals surface area contributed by atoms with Gasteiger partial charge in [-0.3, -0.25) is 4.90 Å². The van der Waals surface area contributed by atoms with Crippen LogP contribution in [-0.2, 0) is 13.0 Å². The van der Waals surface area contributed by atoms with E-state index in [1.807, 2.05) is 0 Å². The minimum absolute atomic E-state index is 0.594. The molecule has 96 valence electrons. The number of halogens is 1. The third kappa shape index (κ3) is 1.88. The van der Waals surface area contributed by atoms with Crippen molar-refractivity contribution in [3.05, 3.63) is 33.7 Å². The number of hydrogen-bond donors (Lipinski definition) is 0. The molecule has 1 aliphatic rings. The molecule has 3 rings (SSSR count). The zero-order valence-corrected chi connectivity index (χ0v) is 12.7. The predicted octanol–water partition coefficient (Wildman–Crippen LogP) is 3.17. The summed E-state index contributed by atoms with van der Waals surface area (Å²) in [6.07, 6.45) is 3.20. The fraction of sp³-hybridized carbons (Fsp3) is 0.500. The van der Waals surface area contributed by atoms with Crippen molar-refractivity contribution in [2.24, 2.45) is 0 Å². The fourth-order valence-electron chi connectivity index (χ4n) is 2.69. The molecule has 0 fully saturated rings. The molecule has 0 N–H and O–H groups in total. The van der Waals surface area contributed by atoms with Crippen molar-refractivity contribution in [3.8, 4) is 0 Å². The van der Waals surface area contributed by atoms with E-state index in [4.69, 9.17) is 4.98 Å². The van der Waals surface area contributed by atoms with Crippen LogP contribution in [0.15, 0.2) is 16.7 Å². The van der Waals surface area contributed by atoms with Gasteiger partial charge in [0.05, 0.1) is 11.4 Å². The number of pyridine rings is 1. The number of aromatic nitrogens is 2. The Morgan fingerprint density at radius 3 is 2.89 bits per heavy atom. The highest BCUT2D eigenvalue weighted by Crippen LogP contribution is 2.25. The van der Waals surface area contributed by atoms with Gasteiger partial charge in [0.25, 0.3) is 0 Å². The number of rotatable bonds is 1. The van der Waals surface area contributed by atoms with Crippen LogP contribution in [0.5, 0.6) is 0 Å². The Balaban J connectivity index is 2.15. The van der Waals surface area contributed by atoms with Gasteiger partial charge in [0.2, 0.25) is 0 Å². The molecule has 4 heteroatoms. The average molecular weight is 308 g/mol. The molecule has 0 aromatic carbocycles. The summed E-state index contributed by atoms with van der Waals surface area (Å²) < 4.78 is 3.37. The summed E-state index contributed by atoms with van der Waals surface area (Å²) in [4.78, 5) is 7.31. The van der Waals surface area contributed by atoms with Crippen LogP contribution in [0.1, 0.15) is 30.8 Å². The first-order chi connectivity index (χ1) is 8.56. The Hall–Kier alpha value is -0.870. The summed E-state index contributed by atoms with van der Waals surface area (Å²) in [6.45, 7) is 8.77. The lowest BCUT2D eigenvalue weighted by Gasteiger charge is -2.29. The molecular formula is C14H18BrN3. The third-order valence-corrected chi connectivity index (χ3v) is 4.21. The van der Waals surface area contributed by atoms with Crippen LogP contribution >= 0.6 is 15.9 Å². The Kier molecular flexibility index (Phi) is 2.94. The number of aryl methyl sites for hydroxylation is 1. The predicted molar refractivity (Wildman–Crippen MR) is 76.9 cm³/mol. The summed E-state index contributed by atoms with van der Waals surface area (Å²) in [7, 11) is 0. The Morgan fingerprint density at radius 1 is 1.39 bits per heavy atom. The Bertz CT molecular complexity index is 601. The molecule has 1 aliphatic heterocycles. The van der Waals surface area contributed by atoms with Crippen molar-refractivity contribution < 1.29 is 0 Å². The molecule has 0 radical (unpaired) electrons. The summed E-state index contributed by atoms with van der Waals surface area (Å²) in [5, 5.41) is 0. The Labute approximate surface area is 116 Å². The smallest absolute Gasteiger partial charge is 0.140 e. The van der Waals surface area contributed by atoms with Gasteiger partial charge in [-0.05, 0) is 48.3 Å². The standard InChI is InChI=1S/C14H18BrN3/c1-9(2)17-5-4-12-13(8-17)18-7-11(15)6-10(3)14(18)16-12/h6-7,9H,4-5,8H2,1-3H3. The molecule has 0 aliphatic carbocycles. The highest BCUT2D eigenvalue weighted by molar-refractivity contribution is 9.10. The number of imidazole rings is 1. The second kappa shape index (κ2) is 4.35. The van der Waals surface area contributed by atoms with Crippen LogP contribution in [0.4, 0.5) is 0 Å². The SMILES string of the molecule is Cc1cc(Br)cn2c3c(nc12)CCN(C(C)C)C3. The maximum atomic E-state index is 4.80. The molecule has 18 heavy (non-hydrogen) atoms. The minimum Gasteiger partial charge on any atom is -0.301 e. The normalized spacial score (nSPS) is 16.5. The van der Waals surface area contributed by atoms with E-state index >= 15 is 0 Å². The zero-order chi connectivity index (χ0) is 12.9. The van der Waals surface area contributed by atoms with Crippen LogP contribution in [0.3, 0.4) is 0 Å². The lowest BCUT2D eigenvalue weighted by Crippen LogP contribution is -2.36. The van der Waals surface area contributed by atoms with Crippen molar-refractivity contribution >= 4 is 21.6 Å². The van der Waals surface area contributed by atoms with Crippen LogP contribution in [0, 0.1) is 6.92 Å². The van der Waals surface area contributed by atoms with E-state index in [2.05, 4.69) is 58.3 Å². The van der Waals surface area contributed by atoms with Gasteiger partial charge in [0.1, 0.15) is 5.65 Å². The molecule has 0 amide bonds. The molecule has 0 unspecified atom stereocenters. The van der Waals surface area contributed by atoms with Crippen LogP contribution in [0.2, 0.25) is 0 Å². The van der Waals surface area contributed by atoms with E-state index in [9.17, 15) is 0 Å². The highest BCUT2D eigenvalue weighted by atomic mass is 79.9. The lowest BCUT2D eigenvalue weighted by molar-refractivity contribution is 0.199. The van der Waals surface area contributed by atoms with Gasteiger partial charge in [0.15, 0.2) is 0 Å². The summed E-state index contributed by atoms with van der Waals surface area (Å²) in [5.74, 6) is 0. The first-order valence-electron chi connectivity index (χ1n) is 6.46. The van der Waals surface area contributed by atoms with Crippen molar-refractivity contribution in [3.63, 3.8) is 0 Å². The topological polar surface area (TPSA) is 20.5 Å². The average Bonchev–Trinajstić information content (AvgIpc) is 2.67. The lowest BCUT2D eigenvalue weighted by atomic mass is 10.1. The fourth-order valence-corrected chi connectivity index (χ4v) is 3.24. The van der Waals surface area contributed by atoms with Crippen LogP contribution in [0.25, 0.3) is 5.65 Å². The molecule has 0 bridgehead atoms. The van der Waals surface area contributed by atoms with Gasteiger partial charge in [-0.15, -0.1) is 0 Å². The van der Waals surface area contributed by atoms with E-state index in [1.165, 1.54) is 17.0 Å². The van der Waals surface area contributed by atoms with Gasteiger partial charge < -0.3 is 4.40 Å². The van der Waals surface area contributed by atoms with E-state index in [0.717, 1.165) is 29.6 Å². The molecule has 0 saturated carbocycles. The van der Waals surface area contributed by atoms with Crippen molar-refractivity contribution in [2.75, 3.05) is 6.54 Å². The molecule has 3 nitrogen and oxygen atoms in total. The second-order valence-corrected chi connectivity index (χ2v) is 6.27. The van der Waals surface area contributed by atoms with Crippen molar-refractivity contribution in [1.29, 1.82) is 0 Å². The van der Waals surface area contributed by atoms with E-state index < -0.39 is 0 Å². The van der Waals surface area contributed by atoms with Gasteiger partial charge in [-0.1, -0.05) is 0 Å². The molecule has 3 heterocycles. The molecule has 0 saturated heterocycles. The summed E-state index contributed by atoms with van der Waals surface area (Å²) in [5.41, 5.74) is 4.96.